The summed E-state index contributed by atoms with van der Waals surface area (Å²) in [6.45, 7) is 1.04. The Labute approximate surface area is 178 Å². The minimum Gasteiger partial charge on any atom is -0.493 e. The largest absolute Gasteiger partial charge is 0.493 e. The summed E-state index contributed by atoms with van der Waals surface area (Å²) in [6.07, 6.45) is 1.80. The van der Waals surface area contributed by atoms with Gasteiger partial charge >= 0.3 is 0 Å². The van der Waals surface area contributed by atoms with E-state index in [1.54, 1.807) is 24.3 Å². The summed E-state index contributed by atoms with van der Waals surface area (Å²) in [4.78, 5) is 36.3. The van der Waals surface area contributed by atoms with Crippen LogP contribution in [0.4, 0.5) is 11.4 Å². The summed E-state index contributed by atoms with van der Waals surface area (Å²) >= 11 is 0. The summed E-state index contributed by atoms with van der Waals surface area (Å²) in [6, 6.07) is 8.76. The van der Waals surface area contributed by atoms with Crippen LogP contribution >= 0.6 is 0 Å². The number of rotatable bonds is 8. The summed E-state index contributed by atoms with van der Waals surface area (Å²) in [5.74, 6) is -0.847. The van der Waals surface area contributed by atoms with Crippen LogP contribution in [0, 0.1) is 10.1 Å². The first kappa shape index (κ1) is 22.0. The highest BCUT2D eigenvalue weighted by Crippen LogP contribution is 2.35. The van der Waals surface area contributed by atoms with Gasteiger partial charge in [0.1, 0.15) is 5.56 Å². The van der Waals surface area contributed by atoms with Crippen LogP contribution in [0.15, 0.2) is 36.4 Å². The molecule has 1 fully saturated rings. The molecular weight excluding hydrogens is 406 g/mol. The van der Waals surface area contributed by atoms with Gasteiger partial charge in [-0.25, -0.2) is 0 Å². The number of nitrogens with one attached hydrogen (secondary N) is 2. The number of nitro groups is 1. The van der Waals surface area contributed by atoms with E-state index in [1.807, 2.05) is 0 Å². The third-order valence-electron chi connectivity index (χ3n) is 4.88. The molecule has 31 heavy (non-hydrogen) atoms. The zero-order valence-corrected chi connectivity index (χ0v) is 17.2. The molecule has 2 amide bonds. The van der Waals surface area contributed by atoms with Crippen molar-refractivity contribution in [3.8, 4) is 11.5 Å². The Kier molecular flexibility index (Phi) is 7.03. The molecule has 3 rings (SSSR count). The van der Waals surface area contributed by atoms with Crippen molar-refractivity contribution >= 4 is 23.2 Å². The fourth-order valence-corrected chi connectivity index (χ4v) is 3.29. The fraction of sp³-hybridized carbons (Fsp3) is 0.333. The van der Waals surface area contributed by atoms with Crippen molar-refractivity contribution in [3.63, 3.8) is 0 Å². The SMILES string of the molecule is COc1cc(C(=O)Nc2ccccc2C(=O)NC[C@@H]2CCCO2)c([N+](=O)[O-])cc1OC. The number of nitro benzene ring substituents is 1. The van der Waals surface area contributed by atoms with E-state index in [0.717, 1.165) is 18.9 Å². The van der Waals surface area contributed by atoms with Gasteiger partial charge in [0.25, 0.3) is 17.5 Å². The molecule has 1 heterocycles. The second-order valence-corrected chi connectivity index (χ2v) is 6.83. The fourth-order valence-electron chi connectivity index (χ4n) is 3.29. The molecule has 2 aromatic carbocycles. The molecule has 2 aromatic rings. The lowest BCUT2D eigenvalue weighted by Gasteiger charge is -2.14. The molecule has 1 saturated heterocycles. The number of anilines is 1. The average Bonchev–Trinajstić information content (AvgIpc) is 3.30. The average molecular weight is 429 g/mol. The number of benzene rings is 2. The predicted molar refractivity (Wildman–Crippen MR) is 112 cm³/mol. The maximum atomic E-state index is 12.9. The van der Waals surface area contributed by atoms with Gasteiger partial charge in [-0.1, -0.05) is 12.1 Å². The minimum absolute atomic E-state index is 0.0277. The van der Waals surface area contributed by atoms with Crippen molar-refractivity contribution in [2.24, 2.45) is 0 Å². The van der Waals surface area contributed by atoms with Crippen molar-refractivity contribution < 1.29 is 28.7 Å². The minimum atomic E-state index is -0.757. The van der Waals surface area contributed by atoms with E-state index >= 15 is 0 Å². The third kappa shape index (κ3) is 5.10. The van der Waals surface area contributed by atoms with Crippen molar-refractivity contribution in [2.75, 3.05) is 32.7 Å². The van der Waals surface area contributed by atoms with E-state index in [-0.39, 0.29) is 40.3 Å². The molecule has 1 aliphatic heterocycles. The lowest BCUT2D eigenvalue weighted by Crippen LogP contribution is -2.32. The van der Waals surface area contributed by atoms with E-state index < -0.39 is 16.5 Å². The van der Waals surface area contributed by atoms with Crippen LogP contribution in [0.2, 0.25) is 0 Å². The van der Waals surface area contributed by atoms with Crippen molar-refractivity contribution in [2.45, 2.75) is 18.9 Å². The van der Waals surface area contributed by atoms with Gasteiger partial charge in [0.15, 0.2) is 11.5 Å². The van der Waals surface area contributed by atoms with E-state index in [1.165, 1.54) is 20.3 Å². The van der Waals surface area contributed by atoms with Gasteiger partial charge in [-0.15, -0.1) is 0 Å². The molecule has 0 radical (unpaired) electrons. The van der Waals surface area contributed by atoms with Gasteiger partial charge in [-0.2, -0.15) is 0 Å². The molecule has 1 aliphatic rings. The van der Waals surface area contributed by atoms with Gasteiger partial charge in [0.2, 0.25) is 0 Å². The molecule has 0 aliphatic carbocycles. The van der Waals surface area contributed by atoms with Crippen LogP contribution in [0.1, 0.15) is 33.6 Å². The van der Waals surface area contributed by atoms with Crippen molar-refractivity contribution in [1.82, 2.24) is 5.32 Å². The maximum absolute atomic E-state index is 12.9. The van der Waals surface area contributed by atoms with E-state index in [4.69, 9.17) is 14.2 Å². The Morgan fingerprint density at radius 2 is 1.84 bits per heavy atom. The Morgan fingerprint density at radius 1 is 1.13 bits per heavy atom. The monoisotopic (exact) mass is 429 g/mol. The molecule has 0 unspecified atom stereocenters. The predicted octanol–water partition coefficient (Wildman–Crippen LogP) is 2.77. The Morgan fingerprint density at radius 3 is 2.48 bits per heavy atom. The molecule has 2 N–H and O–H groups in total. The van der Waals surface area contributed by atoms with Gasteiger partial charge in [0.05, 0.1) is 42.6 Å². The van der Waals surface area contributed by atoms with Crippen molar-refractivity contribution in [3.05, 3.63) is 57.6 Å². The topological polar surface area (TPSA) is 129 Å². The highest BCUT2D eigenvalue weighted by atomic mass is 16.6. The highest BCUT2D eigenvalue weighted by Gasteiger charge is 2.26. The number of amides is 2. The van der Waals surface area contributed by atoms with Gasteiger partial charge in [0, 0.05) is 19.2 Å². The van der Waals surface area contributed by atoms with Crippen LogP contribution in [-0.4, -0.2) is 50.2 Å². The third-order valence-corrected chi connectivity index (χ3v) is 4.88. The number of hydrogen-bond acceptors (Lipinski definition) is 7. The second kappa shape index (κ2) is 9.90. The number of methoxy groups -OCH3 is 2. The molecule has 0 spiro atoms. The van der Waals surface area contributed by atoms with Crippen LogP contribution in [0.25, 0.3) is 0 Å². The number of carbonyl (C=O) groups excluding carboxylic acids is 2. The molecule has 0 bridgehead atoms. The quantitative estimate of drug-likeness (QED) is 0.488. The van der Waals surface area contributed by atoms with Gasteiger partial charge in [-0.3, -0.25) is 19.7 Å². The summed E-state index contributed by atoms with van der Waals surface area (Å²) in [5.41, 5.74) is -0.217. The molecule has 10 heteroatoms. The standard InChI is InChI=1S/C21H23N3O7/c1-29-18-10-15(17(24(27)28)11-19(18)30-2)21(26)23-16-8-4-3-7-14(16)20(25)22-12-13-6-5-9-31-13/h3-4,7-8,10-11,13H,5-6,9,12H2,1-2H3,(H,22,25)(H,23,26)/t13-/m0/s1. The van der Waals surface area contributed by atoms with Crippen LogP contribution in [0.3, 0.4) is 0 Å². The molecule has 10 nitrogen and oxygen atoms in total. The van der Waals surface area contributed by atoms with Gasteiger partial charge in [-0.05, 0) is 25.0 Å². The van der Waals surface area contributed by atoms with E-state index in [9.17, 15) is 19.7 Å². The Bertz CT molecular complexity index is 987. The summed E-state index contributed by atoms with van der Waals surface area (Å²) in [5, 5.41) is 16.9. The number of nitrogens with zero attached hydrogens (tertiary/aromatic N) is 1. The smallest absolute Gasteiger partial charge is 0.286 e. The summed E-state index contributed by atoms with van der Waals surface area (Å²) in [7, 11) is 2.70. The molecule has 1 atom stereocenters. The maximum Gasteiger partial charge on any atom is 0.286 e. The van der Waals surface area contributed by atoms with Crippen LogP contribution in [-0.2, 0) is 4.74 Å². The number of hydrogen-bond donors (Lipinski definition) is 2. The first-order chi connectivity index (χ1) is 14.9. The van der Waals surface area contributed by atoms with Gasteiger partial charge < -0.3 is 24.8 Å². The molecule has 164 valence electrons. The normalized spacial score (nSPS) is 15.2. The zero-order valence-electron chi connectivity index (χ0n) is 17.2. The van der Waals surface area contributed by atoms with Crippen LogP contribution in [0.5, 0.6) is 11.5 Å². The zero-order chi connectivity index (χ0) is 22.4. The molecular formula is C21H23N3O7. The first-order valence-electron chi connectivity index (χ1n) is 9.65. The highest BCUT2D eigenvalue weighted by molar-refractivity contribution is 6.11. The van der Waals surface area contributed by atoms with Crippen LogP contribution < -0.4 is 20.1 Å². The number of para-hydroxylation sites is 1. The second-order valence-electron chi connectivity index (χ2n) is 6.83. The molecule has 0 aromatic heterocycles. The Balaban J connectivity index is 1.84. The lowest BCUT2D eigenvalue weighted by molar-refractivity contribution is -0.385. The Hall–Kier alpha value is -3.66. The lowest BCUT2D eigenvalue weighted by atomic mass is 10.1. The summed E-state index contributed by atoms with van der Waals surface area (Å²) < 4.78 is 15.7. The van der Waals surface area contributed by atoms with E-state index in [0.29, 0.717) is 13.2 Å². The number of ether oxygens (including phenoxy) is 3. The van der Waals surface area contributed by atoms with E-state index in [2.05, 4.69) is 10.6 Å². The first-order valence-corrected chi connectivity index (χ1v) is 9.65. The molecule has 0 saturated carbocycles. The van der Waals surface area contributed by atoms with Crippen molar-refractivity contribution in [1.29, 1.82) is 0 Å². The number of carbonyl (C=O) groups is 2.